The summed E-state index contributed by atoms with van der Waals surface area (Å²) in [5.41, 5.74) is 7.26. The smallest absolute Gasteiger partial charge is 0.408 e. The number of hydrogen-bond acceptors (Lipinski definition) is 6. The third kappa shape index (κ3) is 8.28. The topological polar surface area (TPSA) is 151 Å². The molecule has 3 rings (SSSR count). The zero-order valence-electron chi connectivity index (χ0n) is 24.1. The highest BCUT2D eigenvalue weighted by Crippen LogP contribution is 2.29. The molecule has 5 N–H and O–H groups in total. The van der Waals surface area contributed by atoms with Gasteiger partial charge in [-0.1, -0.05) is 48.5 Å². The predicted molar refractivity (Wildman–Crippen MR) is 157 cm³/mol. The molecule has 0 radical (unpaired) electrons. The SMILES string of the molecule is Cc1cccc(C(C(=O)Nc2ccc3ccccc3c2)N(CCO)C(=O)C(CC(N)=O)NC(=O)OC(C)(C)C)c1C. The molecule has 0 bridgehead atoms. The molecule has 41 heavy (non-hydrogen) atoms. The number of nitrogens with zero attached hydrogens (tertiary/aromatic N) is 1. The molecule has 0 aromatic heterocycles. The molecule has 10 heteroatoms. The number of aliphatic hydroxyl groups excluding tert-OH is 1. The maximum Gasteiger partial charge on any atom is 0.408 e. The molecule has 0 aliphatic heterocycles. The molecule has 2 atom stereocenters. The molecule has 3 aromatic rings. The van der Waals surface area contributed by atoms with Gasteiger partial charge < -0.3 is 31.1 Å². The van der Waals surface area contributed by atoms with Gasteiger partial charge in [-0.25, -0.2) is 4.79 Å². The highest BCUT2D eigenvalue weighted by Gasteiger charge is 2.37. The van der Waals surface area contributed by atoms with Crippen molar-refractivity contribution in [2.45, 2.75) is 58.7 Å². The van der Waals surface area contributed by atoms with Crippen molar-refractivity contribution in [3.8, 4) is 0 Å². The second-order valence-electron chi connectivity index (χ2n) is 10.9. The minimum Gasteiger partial charge on any atom is -0.444 e. The van der Waals surface area contributed by atoms with E-state index >= 15 is 0 Å². The van der Waals surface area contributed by atoms with Gasteiger partial charge in [0, 0.05) is 12.2 Å². The van der Waals surface area contributed by atoms with E-state index in [1.807, 2.05) is 56.3 Å². The van der Waals surface area contributed by atoms with E-state index in [9.17, 15) is 24.3 Å². The summed E-state index contributed by atoms with van der Waals surface area (Å²) in [6, 6.07) is 15.9. The van der Waals surface area contributed by atoms with E-state index in [1.165, 1.54) is 0 Å². The van der Waals surface area contributed by atoms with Gasteiger partial charge in [0.15, 0.2) is 0 Å². The van der Waals surface area contributed by atoms with Gasteiger partial charge in [-0.3, -0.25) is 14.4 Å². The first-order chi connectivity index (χ1) is 19.3. The fourth-order valence-electron chi connectivity index (χ4n) is 4.52. The van der Waals surface area contributed by atoms with Crippen molar-refractivity contribution in [3.63, 3.8) is 0 Å². The number of anilines is 1. The Hall–Kier alpha value is -4.44. The number of fused-ring (bicyclic) bond motifs is 1. The molecule has 0 aliphatic carbocycles. The molecule has 0 saturated carbocycles. The molecule has 2 unspecified atom stereocenters. The predicted octanol–water partition coefficient (Wildman–Crippen LogP) is 3.73. The summed E-state index contributed by atoms with van der Waals surface area (Å²) in [6.07, 6.45) is -1.46. The van der Waals surface area contributed by atoms with Gasteiger partial charge in [0.1, 0.15) is 17.7 Å². The minimum atomic E-state index is -1.44. The Bertz CT molecular complexity index is 1430. The van der Waals surface area contributed by atoms with Crippen LogP contribution in [0.25, 0.3) is 10.8 Å². The van der Waals surface area contributed by atoms with Crippen LogP contribution in [0.15, 0.2) is 60.7 Å². The Labute approximate surface area is 239 Å². The van der Waals surface area contributed by atoms with Gasteiger partial charge in [0.25, 0.3) is 5.91 Å². The van der Waals surface area contributed by atoms with E-state index in [0.717, 1.165) is 26.8 Å². The van der Waals surface area contributed by atoms with Gasteiger partial charge in [0.05, 0.1) is 13.0 Å². The number of benzene rings is 3. The monoisotopic (exact) mass is 562 g/mol. The molecule has 3 aromatic carbocycles. The summed E-state index contributed by atoms with van der Waals surface area (Å²) in [5, 5.41) is 17.2. The molecule has 0 aliphatic rings. The molecule has 0 saturated heterocycles. The van der Waals surface area contributed by atoms with Crippen LogP contribution < -0.4 is 16.4 Å². The summed E-state index contributed by atoms with van der Waals surface area (Å²) in [5.74, 6) is -2.15. The normalized spacial score (nSPS) is 12.7. The van der Waals surface area contributed by atoms with Crippen LogP contribution in [0, 0.1) is 13.8 Å². The Balaban J connectivity index is 2.05. The van der Waals surface area contributed by atoms with Crippen LogP contribution in [0.5, 0.6) is 0 Å². The number of nitrogens with two attached hydrogens (primary N) is 1. The first-order valence-electron chi connectivity index (χ1n) is 13.4. The lowest BCUT2D eigenvalue weighted by Crippen LogP contribution is -2.54. The summed E-state index contributed by atoms with van der Waals surface area (Å²) >= 11 is 0. The third-order valence-corrected chi connectivity index (χ3v) is 6.54. The molecular weight excluding hydrogens is 524 g/mol. The van der Waals surface area contributed by atoms with Crippen LogP contribution >= 0.6 is 0 Å². The van der Waals surface area contributed by atoms with Crippen molar-refractivity contribution in [1.82, 2.24) is 10.2 Å². The summed E-state index contributed by atoms with van der Waals surface area (Å²) < 4.78 is 5.28. The molecule has 10 nitrogen and oxygen atoms in total. The van der Waals surface area contributed by atoms with E-state index in [2.05, 4.69) is 10.6 Å². The van der Waals surface area contributed by atoms with Gasteiger partial charge >= 0.3 is 6.09 Å². The van der Waals surface area contributed by atoms with E-state index in [1.54, 1.807) is 39.0 Å². The number of rotatable bonds is 10. The number of aryl methyl sites for hydroxylation is 1. The standard InChI is InChI=1S/C31H38N4O6/c1-19-9-8-12-24(20(19)2)27(28(38)33-23-14-13-21-10-6-7-11-22(21)17-23)35(15-16-36)29(39)25(18-26(32)37)34-30(40)41-31(3,4)5/h6-14,17,25,27,36H,15-16,18H2,1-5H3,(H2,32,37)(H,33,38)(H,34,40). The van der Waals surface area contributed by atoms with Gasteiger partial charge in [0.2, 0.25) is 11.8 Å². The fourth-order valence-corrected chi connectivity index (χ4v) is 4.52. The highest BCUT2D eigenvalue weighted by atomic mass is 16.6. The minimum absolute atomic E-state index is 0.257. The number of carbonyl (C=O) groups is 4. The molecule has 4 amide bonds. The zero-order valence-corrected chi connectivity index (χ0v) is 24.1. The first kappa shape index (κ1) is 31.1. The Morgan fingerprint density at radius 3 is 2.29 bits per heavy atom. The molecule has 0 spiro atoms. The van der Waals surface area contributed by atoms with E-state index < -0.39 is 54.5 Å². The van der Waals surface area contributed by atoms with Gasteiger partial charge in [-0.2, -0.15) is 0 Å². The lowest BCUT2D eigenvalue weighted by molar-refractivity contribution is -0.142. The summed E-state index contributed by atoms with van der Waals surface area (Å²) in [7, 11) is 0. The molecular formula is C31H38N4O6. The van der Waals surface area contributed by atoms with Crippen molar-refractivity contribution in [2.24, 2.45) is 5.73 Å². The van der Waals surface area contributed by atoms with Gasteiger partial charge in [-0.05, 0) is 74.2 Å². The second-order valence-corrected chi connectivity index (χ2v) is 10.9. The highest BCUT2D eigenvalue weighted by molar-refractivity contribution is 6.01. The average molecular weight is 563 g/mol. The zero-order chi connectivity index (χ0) is 30.3. The van der Waals surface area contributed by atoms with Crippen molar-refractivity contribution in [3.05, 3.63) is 77.4 Å². The largest absolute Gasteiger partial charge is 0.444 e. The van der Waals surface area contributed by atoms with Crippen LogP contribution in [0.1, 0.15) is 49.9 Å². The number of aliphatic hydroxyl groups is 1. The summed E-state index contributed by atoms with van der Waals surface area (Å²) in [4.78, 5) is 53.6. The Morgan fingerprint density at radius 2 is 1.66 bits per heavy atom. The lowest BCUT2D eigenvalue weighted by atomic mass is 9.94. The van der Waals surface area contributed by atoms with E-state index in [-0.39, 0.29) is 6.54 Å². The van der Waals surface area contributed by atoms with Crippen molar-refractivity contribution in [2.75, 3.05) is 18.5 Å². The summed E-state index contributed by atoms with van der Waals surface area (Å²) in [6.45, 7) is 7.95. The maximum absolute atomic E-state index is 14.0. The molecule has 218 valence electrons. The van der Waals surface area contributed by atoms with Crippen LogP contribution in [-0.2, 0) is 19.1 Å². The number of ether oxygens (including phenoxy) is 1. The van der Waals surface area contributed by atoms with Gasteiger partial charge in [-0.15, -0.1) is 0 Å². The number of carbonyl (C=O) groups excluding carboxylic acids is 4. The number of hydrogen-bond donors (Lipinski definition) is 4. The second kappa shape index (κ2) is 13.3. The Kier molecular flexibility index (Phi) is 10.1. The molecule has 0 heterocycles. The molecule has 0 fully saturated rings. The fraction of sp³-hybridized carbons (Fsp3) is 0.355. The van der Waals surface area contributed by atoms with Crippen LogP contribution in [0.2, 0.25) is 0 Å². The van der Waals surface area contributed by atoms with Crippen LogP contribution in [0.4, 0.5) is 10.5 Å². The van der Waals surface area contributed by atoms with Crippen LogP contribution in [-0.4, -0.2) is 58.6 Å². The van der Waals surface area contributed by atoms with Crippen molar-refractivity contribution in [1.29, 1.82) is 0 Å². The van der Waals surface area contributed by atoms with E-state index in [0.29, 0.717) is 11.3 Å². The number of nitrogens with one attached hydrogen (secondary N) is 2. The third-order valence-electron chi connectivity index (χ3n) is 6.54. The lowest BCUT2D eigenvalue weighted by Gasteiger charge is -2.34. The van der Waals surface area contributed by atoms with E-state index in [4.69, 9.17) is 10.5 Å². The maximum atomic E-state index is 14.0. The van der Waals surface area contributed by atoms with Crippen LogP contribution in [0.3, 0.4) is 0 Å². The van der Waals surface area contributed by atoms with Crippen molar-refractivity contribution < 1.29 is 29.0 Å². The Morgan fingerprint density at radius 1 is 0.976 bits per heavy atom. The number of amides is 4. The quantitative estimate of drug-likeness (QED) is 0.296. The average Bonchev–Trinajstić information content (AvgIpc) is 2.88. The first-order valence-corrected chi connectivity index (χ1v) is 13.4. The number of primary amides is 1. The number of alkyl carbamates (subject to hydrolysis) is 1. The van der Waals surface area contributed by atoms with Crippen molar-refractivity contribution >= 4 is 40.3 Å².